The minimum Gasteiger partial charge on any atom is -0.455 e. The standard InChI is InChI=1S/C23H34O2/c1-5-17(4)19-8-10-20(11-9-19)21(24)25-23(6-2,7-3)22-14-12-18(16-22)13-15-22/h8-11,17-18H,5-7,12-16H2,1-4H3. The number of carbonyl (C=O) groups excluding carboxylic acids is 1. The quantitative estimate of drug-likeness (QED) is 0.529. The number of benzene rings is 1. The van der Waals surface area contributed by atoms with Crippen molar-refractivity contribution in [2.75, 3.05) is 0 Å². The van der Waals surface area contributed by atoms with Crippen LogP contribution in [0.15, 0.2) is 24.3 Å². The van der Waals surface area contributed by atoms with Crippen LogP contribution in [0.25, 0.3) is 0 Å². The molecule has 2 bridgehead atoms. The molecule has 0 saturated heterocycles. The number of hydrogen-bond acceptors (Lipinski definition) is 2. The molecule has 2 aliphatic carbocycles. The van der Waals surface area contributed by atoms with E-state index in [1.54, 1.807) is 0 Å². The van der Waals surface area contributed by atoms with Crippen LogP contribution in [0.5, 0.6) is 0 Å². The molecule has 1 aromatic carbocycles. The first kappa shape index (κ1) is 18.5. The summed E-state index contributed by atoms with van der Waals surface area (Å²) in [6, 6.07) is 8.07. The molecule has 0 aromatic heterocycles. The SMILES string of the molecule is CCC(C)c1ccc(C(=O)OC(CC)(CC)C23CCC(CC2)C3)cc1. The minimum atomic E-state index is -0.287. The van der Waals surface area contributed by atoms with E-state index in [9.17, 15) is 4.79 Å². The predicted octanol–water partition coefficient (Wildman–Crippen LogP) is 6.50. The van der Waals surface area contributed by atoms with Crippen LogP contribution in [0.2, 0.25) is 0 Å². The summed E-state index contributed by atoms with van der Waals surface area (Å²) in [5.41, 5.74) is 1.93. The lowest BCUT2D eigenvalue weighted by Gasteiger charge is -2.46. The highest BCUT2D eigenvalue weighted by molar-refractivity contribution is 5.89. The van der Waals surface area contributed by atoms with Crippen LogP contribution < -0.4 is 0 Å². The lowest BCUT2D eigenvalue weighted by atomic mass is 9.66. The molecule has 2 heteroatoms. The molecule has 2 aliphatic rings. The van der Waals surface area contributed by atoms with Crippen LogP contribution in [0.3, 0.4) is 0 Å². The summed E-state index contributed by atoms with van der Waals surface area (Å²) in [5, 5.41) is 0. The van der Waals surface area contributed by atoms with Crippen molar-refractivity contribution in [1.82, 2.24) is 0 Å². The first-order valence-electron chi connectivity index (χ1n) is 10.3. The number of carbonyl (C=O) groups is 1. The van der Waals surface area contributed by atoms with Gasteiger partial charge in [0.1, 0.15) is 5.60 Å². The molecule has 1 aromatic rings. The summed E-state index contributed by atoms with van der Waals surface area (Å²) in [5.74, 6) is 1.26. The minimum absolute atomic E-state index is 0.135. The van der Waals surface area contributed by atoms with Crippen molar-refractivity contribution >= 4 is 5.97 Å². The van der Waals surface area contributed by atoms with Crippen LogP contribution in [0.1, 0.15) is 101 Å². The molecule has 2 fully saturated rings. The Morgan fingerprint density at radius 1 is 1.16 bits per heavy atom. The molecule has 0 aliphatic heterocycles. The fourth-order valence-electron chi connectivity index (χ4n) is 5.51. The highest BCUT2D eigenvalue weighted by Gasteiger charge is 2.58. The van der Waals surface area contributed by atoms with Gasteiger partial charge in [-0.3, -0.25) is 0 Å². The van der Waals surface area contributed by atoms with Crippen molar-refractivity contribution in [3.8, 4) is 0 Å². The van der Waals surface area contributed by atoms with Crippen LogP contribution in [0.4, 0.5) is 0 Å². The Morgan fingerprint density at radius 2 is 1.76 bits per heavy atom. The van der Waals surface area contributed by atoms with Crippen molar-refractivity contribution in [3.63, 3.8) is 0 Å². The largest absolute Gasteiger partial charge is 0.455 e. The zero-order valence-electron chi connectivity index (χ0n) is 16.4. The highest BCUT2D eigenvalue weighted by Crippen LogP contribution is 2.62. The van der Waals surface area contributed by atoms with Gasteiger partial charge in [-0.15, -0.1) is 0 Å². The number of hydrogen-bond donors (Lipinski definition) is 0. The lowest BCUT2D eigenvalue weighted by molar-refractivity contribution is -0.102. The van der Waals surface area contributed by atoms with Gasteiger partial charge in [-0.25, -0.2) is 4.79 Å². The van der Waals surface area contributed by atoms with Gasteiger partial charge in [0.2, 0.25) is 0 Å². The molecule has 1 atom stereocenters. The van der Waals surface area contributed by atoms with Gasteiger partial charge < -0.3 is 4.74 Å². The molecule has 0 amide bonds. The van der Waals surface area contributed by atoms with Gasteiger partial charge in [-0.05, 0) is 80.9 Å². The molecule has 138 valence electrons. The maximum absolute atomic E-state index is 12.9. The third-order valence-corrected chi connectivity index (χ3v) is 7.47. The van der Waals surface area contributed by atoms with E-state index in [1.165, 1.54) is 37.7 Å². The summed E-state index contributed by atoms with van der Waals surface area (Å²) in [6.07, 6.45) is 9.34. The molecule has 0 radical (unpaired) electrons. The molecule has 0 spiro atoms. The van der Waals surface area contributed by atoms with Crippen molar-refractivity contribution in [2.24, 2.45) is 11.3 Å². The molecule has 2 nitrogen and oxygen atoms in total. The van der Waals surface area contributed by atoms with Crippen molar-refractivity contribution in [3.05, 3.63) is 35.4 Å². The Labute approximate surface area is 153 Å². The van der Waals surface area contributed by atoms with Gasteiger partial charge in [0.25, 0.3) is 0 Å². The highest BCUT2D eigenvalue weighted by atomic mass is 16.6. The molecule has 25 heavy (non-hydrogen) atoms. The Morgan fingerprint density at radius 3 is 2.20 bits per heavy atom. The fraction of sp³-hybridized carbons (Fsp3) is 0.696. The van der Waals surface area contributed by atoms with E-state index in [4.69, 9.17) is 4.74 Å². The fourth-order valence-corrected chi connectivity index (χ4v) is 5.51. The van der Waals surface area contributed by atoms with E-state index in [1.807, 2.05) is 12.1 Å². The number of ether oxygens (including phenoxy) is 1. The summed E-state index contributed by atoms with van der Waals surface area (Å²) in [4.78, 5) is 12.9. The molecule has 0 N–H and O–H groups in total. The third-order valence-electron chi connectivity index (χ3n) is 7.47. The lowest BCUT2D eigenvalue weighted by Crippen LogP contribution is -2.48. The molecule has 0 heterocycles. The summed E-state index contributed by atoms with van der Waals surface area (Å²) in [6.45, 7) is 8.81. The van der Waals surface area contributed by atoms with Crippen LogP contribution in [-0.2, 0) is 4.74 Å². The molecule has 3 rings (SSSR count). The van der Waals surface area contributed by atoms with Gasteiger partial charge >= 0.3 is 5.97 Å². The van der Waals surface area contributed by atoms with Crippen LogP contribution >= 0.6 is 0 Å². The average Bonchev–Trinajstić information content (AvgIpc) is 3.28. The first-order chi connectivity index (χ1) is 12.0. The zero-order chi connectivity index (χ0) is 18.1. The second-order valence-corrected chi connectivity index (χ2v) is 8.45. The van der Waals surface area contributed by atoms with E-state index >= 15 is 0 Å². The number of rotatable bonds is 7. The summed E-state index contributed by atoms with van der Waals surface area (Å²) >= 11 is 0. The summed E-state index contributed by atoms with van der Waals surface area (Å²) < 4.78 is 6.32. The Kier molecular flexibility index (Phi) is 5.27. The average molecular weight is 343 g/mol. The monoisotopic (exact) mass is 342 g/mol. The van der Waals surface area contributed by atoms with Gasteiger partial charge in [0, 0.05) is 5.41 Å². The summed E-state index contributed by atoms with van der Waals surface area (Å²) in [7, 11) is 0. The predicted molar refractivity (Wildman–Crippen MR) is 103 cm³/mol. The smallest absolute Gasteiger partial charge is 0.338 e. The van der Waals surface area contributed by atoms with Crippen molar-refractivity contribution in [2.45, 2.75) is 90.6 Å². The van der Waals surface area contributed by atoms with Gasteiger partial charge in [-0.2, -0.15) is 0 Å². The molecular weight excluding hydrogens is 308 g/mol. The molecule has 1 unspecified atom stereocenters. The van der Waals surface area contributed by atoms with E-state index in [0.717, 1.165) is 25.2 Å². The number of esters is 1. The van der Waals surface area contributed by atoms with Crippen LogP contribution in [0, 0.1) is 11.3 Å². The van der Waals surface area contributed by atoms with Gasteiger partial charge in [0.05, 0.1) is 5.56 Å². The maximum atomic E-state index is 12.9. The van der Waals surface area contributed by atoms with E-state index in [2.05, 4.69) is 39.8 Å². The van der Waals surface area contributed by atoms with E-state index < -0.39 is 0 Å². The molecular formula is C23H34O2. The van der Waals surface area contributed by atoms with E-state index in [0.29, 0.717) is 11.5 Å². The van der Waals surface area contributed by atoms with E-state index in [-0.39, 0.29) is 17.0 Å². The first-order valence-corrected chi connectivity index (χ1v) is 10.3. The zero-order valence-corrected chi connectivity index (χ0v) is 16.4. The topological polar surface area (TPSA) is 26.3 Å². The second-order valence-electron chi connectivity index (χ2n) is 8.45. The number of fused-ring (bicyclic) bond motifs is 2. The molecule has 2 saturated carbocycles. The van der Waals surface area contributed by atoms with Crippen molar-refractivity contribution in [1.29, 1.82) is 0 Å². The third kappa shape index (κ3) is 3.13. The van der Waals surface area contributed by atoms with Gasteiger partial charge in [-0.1, -0.05) is 39.8 Å². The maximum Gasteiger partial charge on any atom is 0.338 e. The Hall–Kier alpha value is -1.31. The Balaban J connectivity index is 1.79. The second kappa shape index (κ2) is 7.13. The Bertz CT molecular complexity index is 589. The van der Waals surface area contributed by atoms with Crippen molar-refractivity contribution < 1.29 is 9.53 Å². The normalized spacial score (nSPS) is 26.6. The van der Waals surface area contributed by atoms with Gasteiger partial charge in [0.15, 0.2) is 0 Å². The van der Waals surface area contributed by atoms with Crippen LogP contribution in [-0.4, -0.2) is 11.6 Å².